The SMILES string of the molecule is O=C(CCNC(=O)C1CCNC1)NC1CCCCC1. The first-order chi connectivity index (χ1) is 9.25. The van der Waals surface area contributed by atoms with E-state index >= 15 is 0 Å². The molecule has 0 spiro atoms. The number of hydrogen-bond acceptors (Lipinski definition) is 3. The Kier molecular flexibility index (Phi) is 5.63. The number of nitrogens with one attached hydrogen (secondary N) is 3. The molecule has 0 aromatic rings. The van der Waals surface area contributed by atoms with E-state index in [1.807, 2.05) is 0 Å². The van der Waals surface area contributed by atoms with Crippen LogP contribution in [0.3, 0.4) is 0 Å². The van der Waals surface area contributed by atoms with Gasteiger partial charge in [0.15, 0.2) is 0 Å². The zero-order chi connectivity index (χ0) is 13.5. The van der Waals surface area contributed by atoms with Gasteiger partial charge < -0.3 is 16.0 Å². The molecule has 0 bridgehead atoms. The van der Waals surface area contributed by atoms with Crippen molar-refractivity contribution in [1.82, 2.24) is 16.0 Å². The first-order valence-corrected chi connectivity index (χ1v) is 7.53. The Labute approximate surface area is 114 Å². The summed E-state index contributed by atoms with van der Waals surface area (Å²) in [5, 5.41) is 9.08. The van der Waals surface area contributed by atoms with E-state index in [0.29, 0.717) is 19.0 Å². The fraction of sp³-hybridized carbons (Fsp3) is 0.857. The van der Waals surface area contributed by atoms with Crippen LogP contribution in [0.2, 0.25) is 0 Å². The highest BCUT2D eigenvalue weighted by molar-refractivity contribution is 5.81. The summed E-state index contributed by atoms with van der Waals surface area (Å²) in [6.07, 6.45) is 7.23. The summed E-state index contributed by atoms with van der Waals surface area (Å²) in [6.45, 7) is 2.13. The fourth-order valence-corrected chi connectivity index (χ4v) is 2.87. The molecule has 2 fully saturated rings. The van der Waals surface area contributed by atoms with Crippen LogP contribution in [0.1, 0.15) is 44.9 Å². The average Bonchev–Trinajstić information content (AvgIpc) is 2.93. The Morgan fingerprint density at radius 2 is 1.89 bits per heavy atom. The third kappa shape index (κ3) is 4.82. The lowest BCUT2D eigenvalue weighted by Crippen LogP contribution is -2.39. The summed E-state index contributed by atoms with van der Waals surface area (Å²) in [6, 6.07) is 0.357. The minimum Gasteiger partial charge on any atom is -0.355 e. The lowest BCUT2D eigenvalue weighted by Gasteiger charge is -2.22. The molecule has 2 amide bonds. The van der Waals surface area contributed by atoms with E-state index in [9.17, 15) is 9.59 Å². The summed E-state index contributed by atoms with van der Waals surface area (Å²) in [5.74, 6) is 0.230. The van der Waals surface area contributed by atoms with E-state index in [2.05, 4.69) is 16.0 Å². The van der Waals surface area contributed by atoms with Gasteiger partial charge in [0.25, 0.3) is 0 Å². The van der Waals surface area contributed by atoms with Gasteiger partial charge in [-0.05, 0) is 25.8 Å². The Morgan fingerprint density at radius 1 is 1.11 bits per heavy atom. The molecular formula is C14H25N3O2. The molecule has 1 heterocycles. The van der Waals surface area contributed by atoms with Crippen LogP contribution in [0.4, 0.5) is 0 Å². The van der Waals surface area contributed by atoms with Crippen LogP contribution in [-0.4, -0.2) is 37.5 Å². The highest BCUT2D eigenvalue weighted by Crippen LogP contribution is 2.17. The normalized spacial score (nSPS) is 24.1. The van der Waals surface area contributed by atoms with Crippen molar-refractivity contribution in [2.45, 2.75) is 51.0 Å². The van der Waals surface area contributed by atoms with Crippen molar-refractivity contribution in [2.24, 2.45) is 5.92 Å². The largest absolute Gasteiger partial charge is 0.355 e. The molecule has 5 nitrogen and oxygen atoms in total. The van der Waals surface area contributed by atoms with Crippen molar-refractivity contribution >= 4 is 11.8 Å². The van der Waals surface area contributed by atoms with Crippen molar-refractivity contribution in [2.75, 3.05) is 19.6 Å². The molecule has 1 atom stereocenters. The third-order valence-corrected chi connectivity index (χ3v) is 4.05. The maximum absolute atomic E-state index is 11.7. The van der Waals surface area contributed by atoms with Gasteiger partial charge in [-0.1, -0.05) is 19.3 Å². The second-order valence-corrected chi connectivity index (χ2v) is 5.63. The van der Waals surface area contributed by atoms with E-state index in [-0.39, 0.29) is 17.7 Å². The van der Waals surface area contributed by atoms with Crippen molar-refractivity contribution < 1.29 is 9.59 Å². The standard InChI is InChI=1S/C14H25N3O2/c18-13(17-12-4-2-1-3-5-12)7-9-16-14(19)11-6-8-15-10-11/h11-12,15H,1-10H2,(H,16,19)(H,17,18). The molecule has 108 valence electrons. The Balaban J connectivity index is 1.56. The van der Waals surface area contributed by atoms with Gasteiger partial charge in [0.2, 0.25) is 11.8 Å². The maximum atomic E-state index is 11.7. The summed E-state index contributed by atoms with van der Waals surface area (Å²) in [5.41, 5.74) is 0. The lowest BCUT2D eigenvalue weighted by molar-refractivity contribution is -0.124. The first-order valence-electron chi connectivity index (χ1n) is 7.53. The minimum absolute atomic E-state index is 0.0664. The van der Waals surface area contributed by atoms with Crippen LogP contribution in [0, 0.1) is 5.92 Å². The second-order valence-electron chi connectivity index (χ2n) is 5.63. The molecule has 0 radical (unpaired) electrons. The molecule has 1 unspecified atom stereocenters. The highest BCUT2D eigenvalue weighted by atomic mass is 16.2. The van der Waals surface area contributed by atoms with E-state index in [1.165, 1.54) is 19.3 Å². The summed E-state index contributed by atoms with van der Waals surface area (Å²) in [7, 11) is 0. The van der Waals surface area contributed by atoms with Crippen molar-refractivity contribution in [1.29, 1.82) is 0 Å². The van der Waals surface area contributed by atoms with Gasteiger partial charge in [-0.25, -0.2) is 0 Å². The van der Waals surface area contributed by atoms with E-state index in [4.69, 9.17) is 0 Å². The quantitative estimate of drug-likeness (QED) is 0.681. The minimum atomic E-state index is 0.0664. The lowest BCUT2D eigenvalue weighted by atomic mass is 9.95. The second kappa shape index (κ2) is 7.48. The zero-order valence-electron chi connectivity index (χ0n) is 11.5. The summed E-state index contributed by atoms with van der Waals surface area (Å²) < 4.78 is 0. The number of hydrogen-bond donors (Lipinski definition) is 3. The van der Waals surface area contributed by atoms with Gasteiger partial charge >= 0.3 is 0 Å². The monoisotopic (exact) mass is 267 g/mol. The summed E-state index contributed by atoms with van der Waals surface area (Å²) in [4.78, 5) is 23.5. The first kappa shape index (κ1) is 14.3. The third-order valence-electron chi connectivity index (χ3n) is 4.05. The molecule has 19 heavy (non-hydrogen) atoms. The fourth-order valence-electron chi connectivity index (χ4n) is 2.87. The maximum Gasteiger partial charge on any atom is 0.224 e. The van der Waals surface area contributed by atoms with E-state index in [1.54, 1.807) is 0 Å². The molecular weight excluding hydrogens is 242 g/mol. The van der Waals surface area contributed by atoms with Crippen LogP contribution >= 0.6 is 0 Å². The molecule has 1 aliphatic carbocycles. The van der Waals surface area contributed by atoms with Gasteiger partial charge in [-0.2, -0.15) is 0 Å². The number of amides is 2. The Morgan fingerprint density at radius 3 is 2.58 bits per heavy atom. The predicted octanol–water partition coefficient (Wildman–Crippen LogP) is 0.551. The molecule has 5 heteroatoms. The summed E-state index contributed by atoms with van der Waals surface area (Å²) >= 11 is 0. The van der Waals surface area contributed by atoms with Gasteiger partial charge in [0, 0.05) is 25.6 Å². The van der Waals surface area contributed by atoms with Crippen LogP contribution < -0.4 is 16.0 Å². The molecule has 0 aromatic carbocycles. The Bertz CT molecular complexity index is 308. The van der Waals surface area contributed by atoms with Crippen molar-refractivity contribution in [3.05, 3.63) is 0 Å². The van der Waals surface area contributed by atoms with Crippen molar-refractivity contribution in [3.63, 3.8) is 0 Å². The van der Waals surface area contributed by atoms with Crippen LogP contribution in [0.15, 0.2) is 0 Å². The van der Waals surface area contributed by atoms with E-state index in [0.717, 1.165) is 32.4 Å². The molecule has 1 saturated heterocycles. The van der Waals surface area contributed by atoms with Crippen LogP contribution in [-0.2, 0) is 9.59 Å². The van der Waals surface area contributed by atoms with Gasteiger partial charge in [0.05, 0.1) is 5.92 Å². The Hall–Kier alpha value is -1.10. The van der Waals surface area contributed by atoms with Gasteiger partial charge in [0.1, 0.15) is 0 Å². The smallest absolute Gasteiger partial charge is 0.224 e. The van der Waals surface area contributed by atoms with E-state index < -0.39 is 0 Å². The molecule has 3 N–H and O–H groups in total. The highest BCUT2D eigenvalue weighted by Gasteiger charge is 2.22. The number of carbonyl (C=O) groups excluding carboxylic acids is 2. The van der Waals surface area contributed by atoms with Gasteiger partial charge in [-0.15, -0.1) is 0 Å². The molecule has 0 aromatic heterocycles. The topological polar surface area (TPSA) is 70.2 Å². The molecule has 2 rings (SSSR count). The number of carbonyl (C=O) groups is 2. The van der Waals surface area contributed by atoms with Crippen LogP contribution in [0.5, 0.6) is 0 Å². The molecule has 1 saturated carbocycles. The average molecular weight is 267 g/mol. The molecule has 2 aliphatic rings. The van der Waals surface area contributed by atoms with Crippen LogP contribution in [0.25, 0.3) is 0 Å². The number of rotatable bonds is 5. The molecule has 1 aliphatic heterocycles. The zero-order valence-corrected chi connectivity index (χ0v) is 11.5. The predicted molar refractivity (Wildman–Crippen MR) is 73.6 cm³/mol. The van der Waals surface area contributed by atoms with Crippen molar-refractivity contribution in [3.8, 4) is 0 Å². The van der Waals surface area contributed by atoms with Gasteiger partial charge in [-0.3, -0.25) is 9.59 Å².